The SMILES string of the molecule is Cl.NC1(C(=O)NCc2nc(-c3ccc(Br)cc3)n[nH]2)CCCCC1. The molecule has 3 rings (SSSR count). The number of aromatic nitrogens is 3. The molecule has 6 nitrogen and oxygen atoms in total. The molecule has 1 aromatic heterocycles. The van der Waals surface area contributed by atoms with Gasteiger partial charge in [0.25, 0.3) is 0 Å². The first-order chi connectivity index (χ1) is 11.1. The van der Waals surface area contributed by atoms with Crippen LogP contribution in [0.2, 0.25) is 0 Å². The molecular formula is C16H21BrClN5O. The molecule has 1 aromatic carbocycles. The Morgan fingerprint density at radius 2 is 1.92 bits per heavy atom. The van der Waals surface area contributed by atoms with Crippen LogP contribution in [-0.4, -0.2) is 26.6 Å². The number of nitrogens with zero attached hydrogens (tertiary/aromatic N) is 2. The summed E-state index contributed by atoms with van der Waals surface area (Å²) in [7, 11) is 0. The standard InChI is InChI=1S/C16H20BrN5O.ClH/c17-12-6-4-11(5-7-12)14-20-13(21-22-14)10-19-15(23)16(18)8-2-1-3-9-16;/h4-7H,1-3,8-10,18H2,(H,19,23)(H,20,21,22);1H. The van der Waals surface area contributed by atoms with Gasteiger partial charge < -0.3 is 11.1 Å². The van der Waals surface area contributed by atoms with Crippen molar-refractivity contribution < 1.29 is 4.79 Å². The number of halogens is 2. The van der Waals surface area contributed by atoms with E-state index in [-0.39, 0.29) is 18.3 Å². The Morgan fingerprint density at radius 1 is 1.25 bits per heavy atom. The van der Waals surface area contributed by atoms with Crippen molar-refractivity contribution in [2.75, 3.05) is 0 Å². The number of nitrogens with one attached hydrogen (secondary N) is 2. The molecule has 0 radical (unpaired) electrons. The Balaban J connectivity index is 0.00000208. The lowest BCUT2D eigenvalue weighted by atomic mass is 9.82. The lowest BCUT2D eigenvalue weighted by Gasteiger charge is -2.31. The summed E-state index contributed by atoms with van der Waals surface area (Å²) in [5.41, 5.74) is 6.41. The molecule has 24 heavy (non-hydrogen) atoms. The lowest BCUT2D eigenvalue weighted by molar-refractivity contribution is -0.127. The highest BCUT2D eigenvalue weighted by atomic mass is 79.9. The smallest absolute Gasteiger partial charge is 0.240 e. The van der Waals surface area contributed by atoms with Gasteiger partial charge in [0.05, 0.1) is 12.1 Å². The minimum atomic E-state index is -0.729. The quantitative estimate of drug-likeness (QED) is 0.716. The monoisotopic (exact) mass is 413 g/mol. The Bertz CT molecular complexity index is 682. The number of nitrogens with two attached hydrogens (primary N) is 1. The van der Waals surface area contributed by atoms with E-state index in [1.54, 1.807) is 0 Å². The van der Waals surface area contributed by atoms with Crippen molar-refractivity contribution in [1.82, 2.24) is 20.5 Å². The van der Waals surface area contributed by atoms with Gasteiger partial charge in [0.15, 0.2) is 5.82 Å². The maximum Gasteiger partial charge on any atom is 0.240 e. The zero-order valence-corrected chi connectivity index (χ0v) is 15.6. The molecule has 0 aliphatic heterocycles. The number of amides is 1. The molecule has 0 spiro atoms. The van der Waals surface area contributed by atoms with Crippen molar-refractivity contribution >= 4 is 34.2 Å². The van der Waals surface area contributed by atoms with Crippen LogP contribution in [-0.2, 0) is 11.3 Å². The summed E-state index contributed by atoms with van der Waals surface area (Å²) in [6.45, 7) is 0.307. The Kier molecular flexibility index (Phi) is 6.37. The second-order valence-electron chi connectivity index (χ2n) is 6.01. The zero-order chi connectivity index (χ0) is 16.3. The largest absolute Gasteiger partial charge is 0.347 e. The molecule has 2 aromatic rings. The molecule has 0 unspecified atom stereocenters. The normalized spacial score (nSPS) is 16.2. The molecule has 0 atom stereocenters. The van der Waals surface area contributed by atoms with Gasteiger partial charge in [-0.15, -0.1) is 12.4 Å². The van der Waals surface area contributed by atoms with Crippen LogP contribution in [0.25, 0.3) is 11.4 Å². The summed E-state index contributed by atoms with van der Waals surface area (Å²) in [5.74, 6) is 1.14. The third kappa shape index (κ3) is 4.34. The van der Waals surface area contributed by atoms with Crippen molar-refractivity contribution in [3.05, 3.63) is 34.6 Å². The van der Waals surface area contributed by atoms with Crippen LogP contribution in [0, 0.1) is 0 Å². The summed E-state index contributed by atoms with van der Waals surface area (Å²) < 4.78 is 1.00. The number of rotatable bonds is 4. The fourth-order valence-electron chi connectivity index (χ4n) is 2.85. The van der Waals surface area contributed by atoms with Gasteiger partial charge in [-0.2, -0.15) is 5.10 Å². The van der Waals surface area contributed by atoms with E-state index in [0.717, 1.165) is 42.1 Å². The Hall–Kier alpha value is -1.44. The van der Waals surface area contributed by atoms with Gasteiger partial charge in [-0.25, -0.2) is 4.98 Å². The predicted octanol–water partition coefficient (Wildman–Crippen LogP) is 2.93. The van der Waals surface area contributed by atoms with E-state index in [0.29, 0.717) is 18.2 Å². The van der Waals surface area contributed by atoms with Crippen LogP contribution >= 0.6 is 28.3 Å². The molecule has 1 amide bonds. The van der Waals surface area contributed by atoms with Crippen LogP contribution in [0.3, 0.4) is 0 Å². The summed E-state index contributed by atoms with van der Waals surface area (Å²) in [4.78, 5) is 16.7. The Morgan fingerprint density at radius 3 is 2.58 bits per heavy atom. The van der Waals surface area contributed by atoms with Crippen LogP contribution in [0.1, 0.15) is 37.9 Å². The second kappa shape index (κ2) is 8.09. The van der Waals surface area contributed by atoms with Gasteiger partial charge in [0.1, 0.15) is 5.82 Å². The summed E-state index contributed by atoms with van der Waals surface area (Å²) in [6, 6.07) is 7.75. The van der Waals surface area contributed by atoms with Gasteiger partial charge >= 0.3 is 0 Å². The van der Waals surface area contributed by atoms with E-state index in [9.17, 15) is 4.79 Å². The van der Waals surface area contributed by atoms with Crippen LogP contribution in [0.15, 0.2) is 28.7 Å². The van der Waals surface area contributed by atoms with Crippen LogP contribution < -0.4 is 11.1 Å². The number of carbonyl (C=O) groups excluding carboxylic acids is 1. The van der Waals surface area contributed by atoms with Crippen molar-refractivity contribution in [2.24, 2.45) is 5.73 Å². The lowest BCUT2D eigenvalue weighted by Crippen LogP contribution is -2.54. The van der Waals surface area contributed by atoms with E-state index >= 15 is 0 Å². The molecule has 0 saturated heterocycles. The highest BCUT2D eigenvalue weighted by molar-refractivity contribution is 9.10. The molecule has 0 bridgehead atoms. The molecule has 1 heterocycles. The summed E-state index contributed by atoms with van der Waals surface area (Å²) >= 11 is 3.40. The molecular weight excluding hydrogens is 394 g/mol. The van der Waals surface area contributed by atoms with Crippen LogP contribution in [0.4, 0.5) is 0 Å². The topological polar surface area (TPSA) is 96.7 Å². The molecule has 130 valence electrons. The second-order valence-corrected chi connectivity index (χ2v) is 6.93. The Labute approximate surface area is 155 Å². The average Bonchev–Trinajstić information content (AvgIpc) is 3.03. The van der Waals surface area contributed by atoms with E-state index in [1.165, 1.54) is 0 Å². The number of benzene rings is 1. The first-order valence-corrected chi connectivity index (χ1v) is 8.60. The van der Waals surface area contributed by atoms with E-state index in [4.69, 9.17) is 5.73 Å². The molecule has 1 aliphatic carbocycles. The van der Waals surface area contributed by atoms with Crippen molar-refractivity contribution in [2.45, 2.75) is 44.2 Å². The molecule has 4 N–H and O–H groups in total. The number of hydrogen-bond donors (Lipinski definition) is 3. The number of aromatic amines is 1. The molecule has 8 heteroatoms. The predicted molar refractivity (Wildman–Crippen MR) is 98.6 cm³/mol. The average molecular weight is 415 g/mol. The number of hydrogen-bond acceptors (Lipinski definition) is 4. The first-order valence-electron chi connectivity index (χ1n) is 7.81. The highest BCUT2D eigenvalue weighted by Gasteiger charge is 2.35. The van der Waals surface area contributed by atoms with Gasteiger partial charge in [-0.1, -0.05) is 47.3 Å². The van der Waals surface area contributed by atoms with Gasteiger partial charge in [0.2, 0.25) is 5.91 Å². The van der Waals surface area contributed by atoms with E-state index in [1.807, 2.05) is 24.3 Å². The highest BCUT2D eigenvalue weighted by Crippen LogP contribution is 2.26. The number of H-pyrrole nitrogens is 1. The van der Waals surface area contributed by atoms with Gasteiger partial charge in [0, 0.05) is 10.0 Å². The maximum absolute atomic E-state index is 12.3. The van der Waals surface area contributed by atoms with Crippen molar-refractivity contribution in [1.29, 1.82) is 0 Å². The third-order valence-corrected chi connectivity index (χ3v) is 4.78. The van der Waals surface area contributed by atoms with Crippen molar-refractivity contribution in [3.63, 3.8) is 0 Å². The molecule has 1 fully saturated rings. The first kappa shape index (κ1) is 18.9. The molecule has 1 aliphatic rings. The minimum absolute atomic E-state index is 0. The van der Waals surface area contributed by atoms with Crippen LogP contribution in [0.5, 0.6) is 0 Å². The fourth-order valence-corrected chi connectivity index (χ4v) is 3.12. The van der Waals surface area contributed by atoms with Gasteiger partial charge in [-0.3, -0.25) is 9.89 Å². The maximum atomic E-state index is 12.3. The zero-order valence-electron chi connectivity index (χ0n) is 13.2. The van der Waals surface area contributed by atoms with E-state index in [2.05, 4.69) is 36.4 Å². The van der Waals surface area contributed by atoms with Crippen molar-refractivity contribution in [3.8, 4) is 11.4 Å². The number of carbonyl (C=O) groups is 1. The fraction of sp³-hybridized carbons (Fsp3) is 0.438. The van der Waals surface area contributed by atoms with E-state index < -0.39 is 5.54 Å². The third-order valence-electron chi connectivity index (χ3n) is 4.25. The molecule has 1 saturated carbocycles. The summed E-state index contributed by atoms with van der Waals surface area (Å²) in [6.07, 6.45) is 4.68. The van der Waals surface area contributed by atoms with Gasteiger partial charge in [-0.05, 0) is 25.0 Å². The minimum Gasteiger partial charge on any atom is -0.347 e. The summed E-state index contributed by atoms with van der Waals surface area (Å²) in [5, 5.41) is 9.93.